The largest absolute Gasteiger partial charge is 0.324 e. The molecule has 3 nitrogen and oxygen atoms in total. The van der Waals surface area contributed by atoms with E-state index in [1.165, 1.54) is 12.1 Å². The van der Waals surface area contributed by atoms with Gasteiger partial charge in [-0.1, -0.05) is 0 Å². The van der Waals surface area contributed by atoms with Gasteiger partial charge in [0.25, 0.3) is 0 Å². The Morgan fingerprint density at radius 2 is 2.12 bits per heavy atom. The summed E-state index contributed by atoms with van der Waals surface area (Å²) in [6, 6.07) is 6.24. The van der Waals surface area contributed by atoms with Gasteiger partial charge in [0.05, 0.1) is 11.4 Å². The van der Waals surface area contributed by atoms with E-state index in [0.717, 1.165) is 16.9 Å². The van der Waals surface area contributed by atoms with Crippen LogP contribution in [0.25, 0.3) is 5.69 Å². The number of aryl methyl sites for hydroxylation is 1. The van der Waals surface area contributed by atoms with E-state index in [2.05, 4.69) is 5.10 Å². The number of hydrogen-bond acceptors (Lipinski definition) is 2. The van der Waals surface area contributed by atoms with Gasteiger partial charge in [0.1, 0.15) is 5.82 Å². The molecule has 2 rings (SSSR count). The van der Waals surface area contributed by atoms with Crippen molar-refractivity contribution in [1.82, 2.24) is 9.78 Å². The Bertz CT molecular complexity index is 503. The van der Waals surface area contributed by atoms with Crippen LogP contribution in [0.2, 0.25) is 0 Å². The van der Waals surface area contributed by atoms with Crippen molar-refractivity contribution in [2.75, 3.05) is 0 Å². The summed E-state index contributed by atoms with van der Waals surface area (Å²) in [5, 5.41) is 4.29. The second-order valence-electron chi connectivity index (χ2n) is 3.89. The molecule has 2 N–H and O–H groups in total. The van der Waals surface area contributed by atoms with Crippen LogP contribution in [-0.4, -0.2) is 9.78 Å². The molecule has 4 heteroatoms. The Hall–Kier alpha value is -1.68. The average molecular weight is 219 g/mol. The first-order valence-corrected chi connectivity index (χ1v) is 5.15. The number of benzene rings is 1. The third-order valence-corrected chi connectivity index (χ3v) is 2.45. The van der Waals surface area contributed by atoms with Crippen LogP contribution in [0.3, 0.4) is 0 Å². The first-order valence-electron chi connectivity index (χ1n) is 5.15. The lowest BCUT2D eigenvalue weighted by atomic mass is 10.1. The van der Waals surface area contributed by atoms with E-state index in [0.29, 0.717) is 0 Å². The number of nitrogens with zero attached hydrogens (tertiary/aromatic N) is 2. The van der Waals surface area contributed by atoms with Gasteiger partial charge in [-0.2, -0.15) is 5.10 Å². The molecule has 0 unspecified atom stereocenters. The van der Waals surface area contributed by atoms with Crippen LogP contribution >= 0.6 is 0 Å². The van der Waals surface area contributed by atoms with Crippen LogP contribution in [-0.2, 0) is 0 Å². The molecular weight excluding hydrogens is 205 g/mol. The highest BCUT2D eigenvalue weighted by atomic mass is 19.1. The Morgan fingerprint density at radius 1 is 1.38 bits per heavy atom. The molecular formula is C12H14FN3. The lowest BCUT2D eigenvalue weighted by molar-refractivity contribution is 0.620. The zero-order valence-corrected chi connectivity index (χ0v) is 9.31. The lowest BCUT2D eigenvalue weighted by Gasteiger charge is -2.12. The van der Waals surface area contributed by atoms with Crippen molar-refractivity contribution >= 4 is 0 Å². The van der Waals surface area contributed by atoms with E-state index >= 15 is 0 Å². The highest BCUT2D eigenvalue weighted by Crippen LogP contribution is 2.21. The summed E-state index contributed by atoms with van der Waals surface area (Å²) in [5.74, 6) is -0.278. The van der Waals surface area contributed by atoms with Gasteiger partial charge in [0.2, 0.25) is 0 Å². The molecule has 2 aromatic rings. The molecule has 1 aromatic carbocycles. The third-order valence-electron chi connectivity index (χ3n) is 2.45. The van der Waals surface area contributed by atoms with Gasteiger partial charge in [-0.15, -0.1) is 0 Å². The molecule has 0 aliphatic carbocycles. The van der Waals surface area contributed by atoms with Crippen molar-refractivity contribution in [3.63, 3.8) is 0 Å². The van der Waals surface area contributed by atoms with Crippen LogP contribution in [0.4, 0.5) is 4.39 Å². The Labute approximate surface area is 93.7 Å². The SMILES string of the molecule is Cc1ccn(-c2ccc(F)cc2[C@H](C)N)n1. The molecule has 0 amide bonds. The highest BCUT2D eigenvalue weighted by molar-refractivity contribution is 5.42. The summed E-state index contributed by atoms with van der Waals surface area (Å²) in [5.41, 5.74) is 8.31. The van der Waals surface area contributed by atoms with Crippen molar-refractivity contribution in [1.29, 1.82) is 0 Å². The summed E-state index contributed by atoms with van der Waals surface area (Å²) in [6.45, 7) is 3.74. The summed E-state index contributed by atoms with van der Waals surface area (Å²) in [6.07, 6.45) is 1.84. The smallest absolute Gasteiger partial charge is 0.123 e. The van der Waals surface area contributed by atoms with E-state index in [4.69, 9.17) is 5.73 Å². The van der Waals surface area contributed by atoms with E-state index in [9.17, 15) is 4.39 Å². The van der Waals surface area contributed by atoms with Crippen molar-refractivity contribution < 1.29 is 4.39 Å². The second kappa shape index (κ2) is 4.06. The van der Waals surface area contributed by atoms with Crippen LogP contribution in [0.15, 0.2) is 30.5 Å². The second-order valence-corrected chi connectivity index (χ2v) is 3.89. The number of hydrogen-bond donors (Lipinski definition) is 1. The minimum absolute atomic E-state index is 0.227. The summed E-state index contributed by atoms with van der Waals surface area (Å²) >= 11 is 0. The third kappa shape index (κ3) is 1.97. The topological polar surface area (TPSA) is 43.8 Å². The van der Waals surface area contributed by atoms with E-state index < -0.39 is 0 Å². The fourth-order valence-electron chi connectivity index (χ4n) is 1.65. The summed E-state index contributed by atoms with van der Waals surface area (Å²) in [4.78, 5) is 0. The standard InChI is InChI=1S/C12H14FN3/c1-8-5-6-16(15-8)12-4-3-10(13)7-11(12)9(2)14/h3-7,9H,14H2,1-2H3/t9-/m0/s1. The van der Waals surface area contributed by atoms with Gasteiger partial charge in [-0.05, 0) is 43.7 Å². The highest BCUT2D eigenvalue weighted by Gasteiger charge is 2.10. The Kier molecular flexibility index (Phi) is 2.75. The monoisotopic (exact) mass is 219 g/mol. The minimum Gasteiger partial charge on any atom is -0.324 e. The maximum Gasteiger partial charge on any atom is 0.123 e. The average Bonchev–Trinajstić information content (AvgIpc) is 2.64. The maximum atomic E-state index is 13.1. The van der Waals surface area contributed by atoms with Gasteiger partial charge in [-0.25, -0.2) is 9.07 Å². The van der Waals surface area contributed by atoms with Crippen LogP contribution < -0.4 is 5.73 Å². The predicted octanol–water partition coefficient (Wildman–Crippen LogP) is 2.34. The molecule has 0 aliphatic heterocycles. The number of aromatic nitrogens is 2. The fourth-order valence-corrected chi connectivity index (χ4v) is 1.65. The van der Waals surface area contributed by atoms with Crippen LogP contribution in [0.5, 0.6) is 0 Å². The maximum absolute atomic E-state index is 13.1. The van der Waals surface area contributed by atoms with Gasteiger partial charge < -0.3 is 5.73 Å². The normalized spacial score (nSPS) is 12.8. The molecule has 1 aromatic heterocycles. The van der Waals surface area contributed by atoms with Gasteiger partial charge in [0.15, 0.2) is 0 Å². The first-order chi connectivity index (χ1) is 7.58. The van der Waals surface area contributed by atoms with E-state index in [1.54, 1.807) is 10.7 Å². The van der Waals surface area contributed by atoms with Crippen molar-refractivity contribution in [3.05, 3.63) is 47.5 Å². The first kappa shape index (κ1) is 10.8. The Morgan fingerprint density at radius 3 is 2.69 bits per heavy atom. The molecule has 0 spiro atoms. The minimum atomic E-state index is -0.278. The molecule has 0 fully saturated rings. The lowest BCUT2D eigenvalue weighted by Crippen LogP contribution is -2.10. The molecule has 0 saturated heterocycles. The number of halogens is 1. The molecule has 0 bridgehead atoms. The van der Waals surface area contributed by atoms with E-state index in [-0.39, 0.29) is 11.9 Å². The van der Waals surface area contributed by atoms with Gasteiger partial charge >= 0.3 is 0 Å². The molecule has 0 radical (unpaired) electrons. The Balaban J connectivity index is 2.56. The van der Waals surface area contributed by atoms with Crippen molar-refractivity contribution in [2.45, 2.75) is 19.9 Å². The zero-order chi connectivity index (χ0) is 11.7. The molecule has 1 heterocycles. The van der Waals surface area contributed by atoms with Crippen molar-refractivity contribution in [2.24, 2.45) is 5.73 Å². The fraction of sp³-hybridized carbons (Fsp3) is 0.250. The summed E-state index contributed by atoms with van der Waals surface area (Å²) < 4.78 is 14.9. The van der Waals surface area contributed by atoms with Gasteiger partial charge in [-0.3, -0.25) is 0 Å². The van der Waals surface area contributed by atoms with E-state index in [1.807, 2.05) is 26.1 Å². The van der Waals surface area contributed by atoms with Gasteiger partial charge in [0, 0.05) is 12.2 Å². The van der Waals surface area contributed by atoms with Crippen LogP contribution in [0, 0.1) is 12.7 Å². The molecule has 84 valence electrons. The molecule has 16 heavy (non-hydrogen) atoms. The molecule has 0 aliphatic rings. The molecule has 0 saturated carbocycles. The number of rotatable bonds is 2. The molecule has 1 atom stereocenters. The predicted molar refractivity (Wildman–Crippen MR) is 60.9 cm³/mol. The van der Waals surface area contributed by atoms with Crippen molar-refractivity contribution in [3.8, 4) is 5.69 Å². The number of nitrogens with two attached hydrogens (primary N) is 1. The van der Waals surface area contributed by atoms with Crippen LogP contribution in [0.1, 0.15) is 24.2 Å². The quantitative estimate of drug-likeness (QED) is 0.842. The zero-order valence-electron chi connectivity index (χ0n) is 9.31. The summed E-state index contributed by atoms with van der Waals surface area (Å²) in [7, 11) is 0.